The molecule has 1 amide bonds. The van der Waals surface area contributed by atoms with Crippen LogP contribution >= 0.6 is 0 Å². The third kappa shape index (κ3) is 6.43. The number of ether oxygens (including phenoxy) is 1. The first kappa shape index (κ1) is 22.6. The van der Waals surface area contributed by atoms with E-state index in [4.69, 9.17) is 4.74 Å². The number of Topliss-reactive ketones (excluding diaryl/α,β-unsaturated/α-hetero) is 1. The van der Waals surface area contributed by atoms with Crippen LogP contribution in [0.15, 0.2) is 78.9 Å². The van der Waals surface area contributed by atoms with Gasteiger partial charge < -0.3 is 15.0 Å². The average molecular weight is 444 g/mol. The van der Waals surface area contributed by atoms with E-state index in [1.54, 1.807) is 24.3 Å². The molecule has 33 heavy (non-hydrogen) atoms. The fourth-order valence-electron chi connectivity index (χ4n) is 3.89. The third-order valence-corrected chi connectivity index (χ3v) is 5.77. The Kier molecular flexibility index (Phi) is 7.37. The maximum absolute atomic E-state index is 12.2. The Morgan fingerprint density at radius 1 is 0.848 bits per heavy atom. The molecule has 0 aliphatic carbocycles. The second kappa shape index (κ2) is 10.8. The lowest BCUT2D eigenvalue weighted by atomic mass is 10.1. The molecule has 3 aromatic carbocycles. The van der Waals surface area contributed by atoms with Crippen molar-refractivity contribution in [1.82, 2.24) is 4.90 Å². The van der Waals surface area contributed by atoms with Crippen LogP contribution in [0.5, 0.6) is 5.75 Å². The molecule has 0 saturated carbocycles. The van der Waals surface area contributed by atoms with E-state index in [1.165, 1.54) is 12.5 Å². The number of piperazine rings is 1. The van der Waals surface area contributed by atoms with E-state index in [-0.39, 0.29) is 18.3 Å². The van der Waals surface area contributed by atoms with Gasteiger partial charge in [0, 0.05) is 49.7 Å². The van der Waals surface area contributed by atoms with Gasteiger partial charge in [0.1, 0.15) is 5.75 Å². The molecule has 1 aliphatic heterocycles. The van der Waals surface area contributed by atoms with E-state index in [0.717, 1.165) is 44.1 Å². The van der Waals surface area contributed by atoms with Gasteiger partial charge in [-0.3, -0.25) is 14.5 Å². The van der Waals surface area contributed by atoms with Crippen LogP contribution < -0.4 is 15.0 Å². The van der Waals surface area contributed by atoms with Crippen LogP contribution in [0.4, 0.5) is 11.4 Å². The van der Waals surface area contributed by atoms with E-state index < -0.39 is 0 Å². The fraction of sp³-hybridized carbons (Fsp3) is 0.259. The minimum atomic E-state index is -0.229. The number of rotatable bonds is 8. The topological polar surface area (TPSA) is 61.9 Å². The van der Waals surface area contributed by atoms with Gasteiger partial charge in [0.05, 0.1) is 0 Å². The average Bonchev–Trinajstić information content (AvgIpc) is 2.85. The Bertz CT molecular complexity index is 1060. The lowest BCUT2D eigenvalue weighted by molar-refractivity contribution is -0.118. The summed E-state index contributed by atoms with van der Waals surface area (Å²) in [7, 11) is 0. The van der Waals surface area contributed by atoms with E-state index in [2.05, 4.69) is 45.4 Å². The zero-order valence-corrected chi connectivity index (χ0v) is 18.9. The van der Waals surface area contributed by atoms with Crippen LogP contribution in [0.25, 0.3) is 0 Å². The molecule has 4 rings (SSSR count). The van der Waals surface area contributed by atoms with E-state index in [9.17, 15) is 9.59 Å². The van der Waals surface area contributed by atoms with Crippen LogP contribution in [-0.4, -0.2) is 49.4 Å². The largest absolute Gasteiger partial charge is 0.484 e. The van der Waals surface area contributed by atoms with Gasteiger partial charge in [-0.15, -0.1) is 0 Å². The third-order valence-electron chi connectivity index (χ3n) is 5.77. The second-order valence-electron chi connectivity index (χ2n) is 8.21. The molecule has 0 spiro atoms. The van der Waals surface area contributed by atoms with Gasteiger partial charge in [-0.2, -0.15) is 0 Å². The van der Waals surface area contributed by atoms with Crippen LogP contribution in [-0.2, 0) is 11.3 Å². The van der Waals surface area contributed by atoms with Crippen molar-refractivity contribution in [3.05, 3.63) is 90.0 Å². The number of hydrogen-bond donors (Lipinski definition) is 1. The molecule has 3 aromatic rings. The maximum atomic E-state index is 12.2. The number of carbonyl (C=O) groups excluding carboxylic acids is 2. The predicted molar refractivity (Wildman–Crippen MR) is 131 cm³/mol. The number of hydrogen-bond acceptors (Lipinski definition) is 5. The molecule has 6 nitrogen and oxygen atoms in total. The van der Waals surface area contributed by atoms with Gasteiger partial charge in [-0.1, -0.05) is 30.3 Å². The monoisotopic (exact) mass is 443 g/mol. The van der Waals surface area contributed by atoms with E-state index >= 15 is 0 Å². The van der Waals surface area contributed by atoms with Gasteiger partial charge in [0.25, 0.3) is 5.91 Å². The predicted octanol–water partition coefficient (Wildman–Crippen LogP) is 4.23. The summed E-state index contributed by atoms with van der Waals surface area (Å²) in [6, 6.07) is 25.3. The van der Waals surface area contributed by atoms with Gasteiger partial charge >= 0.3 is 0 Å². The Morgan fingerprint density at radius 3 is 2.15 bits per heavy atom. The van der Waals surface area contributed by atoms with Crippen LogP contribution in [0.3, 0.4) is 0 Å². The molecule has 1 fully saturated rings. The quantitative estimate of drug-likeness (QED) is 0.528. The Labute approximate surface area is 194 Å². The molecule has 1 saturated heterocycles. The molecule has 1 aliphatic rings. The van der Waals surface area contributed by atoms with Crippen LogP contribution in [0.2, 0.25) is 0 Å². The highest BCUT2D eigenvalue weighted by Gasteiger charge is 2.17. The molecule has 0 radical (unpaired) electrons. The first-order valence-electron chi connectivity index (χ1n) is 11.2. The van der Waals surface area contributed by atoms with Crippen molar-refractivity contribution < 1.29 is 14.3 Å². The van der Waals surface area contributed by atoms with Crippen LogP contribution in [0, 0.1) is 0 Å². The highest BCUT2D eigenvalue weighted by Crippen LogP contribution is 2.20. The van der Waals surface area contributed by atoms with E-state index in [0.29, 0.717) is 11.3 Å². The second-order valence-corrected chi connectivity index (χ2v) is 8.21. The number of carbonyl (C=O) groups is 2. The summed E-state index contributed by atoms with van der Waals surface area (Å²) in [5.41, 5.74) is 3.86. The lowest BCUT2D eigenvalue weighted by Gasteiger charge is -2.36. The molecule has 170 valence electrons. The number of benzene rings is 3. The van der Waals surface area contributed by atoms with Crippen molar-refractivity contribution in [2.24, 2.45) is 0 Å². The standard InChI is InChI=1S/C27H29N3O3/c1-21(31)23-7-13-26(14-8-23)33-20-27(32)28-24-9-11-25(12-10-24)30-17-15-29(16-18-30)19-22-5-3-2-4-6-22/h2-14H,15-20H2,1H3,(H,28,32). The van der Waals surface area contributed by atoms with Gasteiger partial charge in [-0.05, 0) is 61.0 Å². The fourth-order valence-corrected chi connectivity index (χ4v) is 3.89. The van der Waals surface area contributed by atoms with Crippen molar-refractivity contribution in [1.29, 1.82) is 0 Å². The summed E-state index contributed by atoms with van der Waals surface area (Å²) < 4.78 is 5.51. The molecular formula is C27H29N3O3. The number of anilines is 2. The summed E-state index contributed by atoms with van der Waals surface area (Å²) >= 11 is 0. The first-order valence-corrected chi connectivity index (χ1v) is 11.2. The lowest BCUT2D eigenvalue weighted by Crippen LogP contribution is -2.45. The van der Waals surface area contributed by atoms with Crippen molar-refractivity contribution in [2.45, 2.75) is 13.5 Å². The zero-order chi connectivity index (χ0) is 23.0. The summed E-state index contributed by atoms with van der Waals surface area (Å²) in [4.78, 5) is 28.4. The Hall–Kier alpha value is -3.64. The highest BCUT2D eigenvalue weighted by molar-refractivity contribution is 5.94. The number of amides is 1. The minimum Gasteiger partial charge on any atom is -0.484 e. The molecule has 0 atom stereocenters. The molecule has 6 heteroatoms. The number of nitrogens with one attached hydrogen (secondary N) is 1. The number of nitrogens with zero attached hydrogens (tertiary/aromatic N) is 2. The Balaban J connectivity index is 1.22. The molecule has 1 N–H and O–H groups in total. The SMILES string of the molecule is CC(=O)c1ccc(OCC(=O)Nc2ccc(N3CCN(Cc4ccccc4)CC3)cc2)cc1. The minimum absolute atomic E-state index is 0.00296. The zero-order valence-electron chi connectivity index (χ0n) is 18.9. The molecular weight excluding hydrogens is 414 g/mol. The van der Waals surface area contributed by atoms with Crippen molar-refractivity contribution in [3.63, 3.8) is 0 Å². The molecule has 0 bridgehead atoms. The first-order chi connectivity index (χ1) is 16.1. The number of ketones is 1. The van der Waals surface area contributed by atoms with Gasteiger partial charge in [-0.25, -0.2) is 0 Å². The summed E-state index contributed by atoms with van der Waals surface area (Å²) in [5.74, 6) is 0.321. The Morgan fingerprint density at radius 2 is 1.52 bits per heavy atom. The van der Waals surface area contributed by atoms with Crippen molar-refractivity contribution in [2.75, 3.05) is 43.0 Å². The molecule has 0 aromatic heterocycles. The van der Waals surface area contributed by atoms with Crippen molar-refractivity contribution >= 4 is 23.1 Å². The molecule has 0 unspecified atom stereocenters. The molecule has 1 heterocycles. The summed E-state index contributed by atoms with van der Waals surface area (Å²) in [6.07, 6.45) is 0. The smallest absolute Gasteiger partial charge is 0.262 e. The van der Waals surface area contributed by atoms with Gasteiger partial charge in [0.15, 0.2) is 12.4 Å². The van der Waals surface area contributed by atoms with Crippen LogP contribution in [0.1, 0.15) is 22.8 Å². The maximum Gasteiger partial charge on any atom is 0.262 e. The van der Waals surface area contributed by atoms with Crippen molar-refractivity contribution in [3.8, 4) is 5.75 Å². The highest BCUT2D eigenvalue weighted by atomic mass is 16.5. The normalized spacial score (nSPS) is 14.0. The summed E-state index contributed by atoms with van der Waals surface area (Å²) in [6.45, 7) is 6.42. The van der Waals surface area contributed by atoms with E-state index in [1.807, 2.05) is 24.3 Å². The van der Waals surface area contributed by atoms with Gasteiger partial charge in [0.2, 0.25) is 0 Å². The summed E-state index contributed by atoms with van der Waals surface area (Å²) in [5, 5.41) is 2.86.